The Hall–Kier alpha value is -1.92. The molecule has 1 aromatic rings. The summed E-state index contributed by atoms with van der Waals surface area (Å²) < 4.78 is 0. The van der Waals surface area contributed by atoms with Crippen molar-refractivity contribution in [2.75, 3.05) is 13.1 Å². The molecule has 2 heterocycles. The third-order valence-electron chi connectivity index (χ3n) is 5.27. The van der Waals surface area contributed by atoms with E-state index in [0.29, 0.717) is 25.9 Å². The number of likely N-dealkylation sites (tertiary alicyclic amines) is 2. The number of nitrogens with zero attached hydrogens (tertiary/aromatic N) is 2. The van der Waals surface area contributed by atoms with E-state index in [2.05, 4.69) is 18.2 Å². The lowest BCUT2D eigenvalue weighted by Crippen LogP contribution is -2.36. The summed E-state index contributed by atoms with van der Waals surface area (Å²) in [6.45, 7) is 4.92. The number of carboxylic acids is 2. The maximum Gasteiger partial charge on any atom is 0.320 e. The predicted octanol–water partition coefficient (Wildman–Crippen LogP) is 2.09. The highest BCUT2D eigenvalue weighted by molar-refractivity contribution is 5.74. The minimum atomic E-state index is -0.744. The zero-order valence-corrected chi connectivity index (χ0v) is 14.6. The lowest BCUT2D eigenvalue weighted by atomic mass is 10.0. The molecule has 2 aliphatic rings. The largest absolute Gasteiger partial charge is 0.480 e. The molecule has 0 bridgehead atoms. The molecule has 0 unspecified atom stereocenters. The van der Waals surface area contributed by atoms with E-state index in [4.69, 9.17) is 0 Å². The Kier molecular flexibility index (Phi) is 5.39. The summed E-state index contributed by atoms with van der Waals surface area (Å²) in [6.07, 6.45) is 3.26. The summed E-state index contributed by atoms with van der Waals surface area (Å²) in [6, 6.07) is 5.51. The summed E-state index contributed by atoms with van der Waals surface area (Å²) in [5.41, 5.74) is 3.34. The van der Waals surface area contributed by atoms with Crippen molar-refractivity contribution >= 4 is 11.9 Å². The average molecular weight is 346 g/mol. The molecule has 0 radical (unpaired) electrons. The van der Waals surface area contributed by atoms with E-state index in [1.165, 1.54) is 0 Å². The van der Waals surface area contributed by atoms with E-state index >= 15 is 0 Å². The number of hydrogen-bond acceptors (Lipinski definition) is 4. The quantitative estimate of drug-likeness (QED) is 0.821. The van der Waals surface area contributed by atoms with E-state index in [-0.39, 0.29) is 12.1 Å². The standard InChI is InChI=1S/C19H26N2O4/c1-13-8-14(11-20-6-2-4-16(20)18(22)23)10-15(9-13)12-21-7-3-5-17(21)19(24)25/h8-10,16-17H,2-7,11-12H2,1H3,(H,22,23)(H,24,25)/t16-,17-/m0/s1. The van der Waals surface area contributed by atoms with Crippen LogP contribution in [0.2, 0.25) is 0 Å². The lowest BCUT2D eigenvalue weighted by Gasteiger charge is -2.23. The topological polar surface area (TPSA) is 81.1 Å². The maximum absolute atomic E-state index is 11.4. The molecule has 3 rings (SSSR count). The molecule has 0 aliphatic carbocycles. The van der Waals surface area contributed by atoms with Crippen LogP contribution in [0.4, 0.5) is 0 Å². The number of aryl methyl sites for hydroxylation is 1. The molecule has 6 nitrogen and oxygen atoms in total. The van der Waals surface area contributed by atoms with Gasteiger partial charge in [-0.15, -0.1) is 0 Å². The van der Waals surface area contributed by atoms with Crippen LogP contribution in [-0.4, -0.2) is 57.1 Å². The van der Waals surface area contributed by atoms with Crippen LogP contribution in [0, 0.1) is 6.92 Å². The number of aliphatic carboxylic acids is 2. The van der Waals surface area contributed by atoms with E-state index in [0.717, 1.165) is 42.6 Å². The fraction of sp³-hybridized carbons (Fsp3) is 0.579. The Balaban J connectivity index is 1.72. The van der Waals surface area contributed by atoms with Gasteiger partial charge in [-0.05, 0) is 56.8 Å². The second kappa shape index (κ2) is 7.54. The van der Waals surface area contributed by atoms with Crippen LogP contribution in [0.3, 0.4) is 0 Å². The van der Waals surface area contributed by atoms with Gasteiger partial charge < -0.3 is 10.2 Å². The summed E-state index contributed by atoms with van der Waals surface area (Å²) in [7, 11) is 0. The van der Waals surface area contributed by atoms with Gasteiger partial charge >= 0.3 is 11.9 Å². The van der Waals surface area contributed by atoms with Gasteiger partial charge in [0.05, 0.1) is 0 Å². The Morgan fingerprint density at radius 3 is 1.76 bits per heavy atom. The Labute approximate surface area is 148 Å². The van der Waals surface area contributed by atoms with Gasteiger partial charge in [0, 0.05) is 13.1 Å². The van der Waals surface area contributed by atoms with Gasteiger partial charge in [-0.1, -0.05) is 23.8 Å². The molecule has 136 valence electrons. The maximum atomic E-state index is 11.4. The minimum Gasteiger partial charge on any atom is -0.480 e. The van der Waals surface area contributed by atoms with Gasteiger partial charge in [0.2, 0.25) is 0 Å². The number of benzene rings is 1. The predicted molar refractivity (Wildman–Crippen MR) is 93.3 cm³/mol. The van der Waals surface area contributed by atoms with Crippen molar-refractivity contribution in [3.63, 3.8) is 0 Å². The smallest absolute Gasteiger partial charge is 0.320 e. The molecule has 0 spiro atoms. The van der Waals surface area contributed by atoms with Crippen molar-refractivity contribution in [3.8, 4) is 0 Å². The molecular formula is C19H26N2O4. The first-order valence-corrected chi connectivity index (χ1v) is 8.97. The molecule has 2 N–H and O–H groups in total. The van der Waals surface area contributed by atoms with Crippen molar-refractivity contribution in [2.45, 2.75) is 57.8 Å². The summed E-state index contributed by atoms with van der Waals surface area (Å²) in [5.74, 6) is -1.49. The van der Waals surface area contributed by atoms with E-state index in [9.17, 15) is 19.8 Å². The minimum absolute atomic E-state index is 0.390. The molecule has 1 aromatic carbocycles. The monoisotopic (exact) mass is 346 g/mol. The van der Waals surface area contributed by atoms with Gasteiger partial charge in [-0.2, -0.15) is 0 Å². The third-order valence-corrected chi connectivity index (χ3v) is 5.27. The summed E-state index contributed by atoms with van der Waals surface area (Å²) >= 11 is 0. The van der Waals surface area contributed by atoms with E-state index in [1.807, 2.05) is 16.7 Å². The molecule has 2 aliphatic heterocycles. The summed E-state index contributed by atoms with van der Waals surface area (Å²) in [4.78, 5) is 26.8. The average Bonchev–Trinajstić information content (AvgIpc) is 3.15. The summed E-state index contributed by atoms with van der Waals surface area (Å²) in [5, 5.41) is 18.7. The fourth-order valence-corrected chi connectivity index (χ4v) is 4.19. The molecular weight excluding hydrogens is 320 g/mol. The number of carboxylic acid groups (broad SMARTS) is 2. The lowest BCUT2D eigenvalue weighted by molar-refractivity contribution is -0.143. The first kappa shape index (κ1) is 17.9. The molecule has 0 aromatic heterocycles. The van der Waals surface area contributed by atoms with Gasteiger partial charge in [-0.3, -0.25) is 19.4 Å². The van der Waals surface area contributed by atoms with Crippen LogP contribution in [-0.2, 0) is 22.7 Å². The SMILES string of the molecule is Cc1cc(CN2CCC[C@H]2C(=O)O)cc(CN2CCC[C@H]2C(=O)O)c1. The van der Waals surface area contributed by atoms with Crippen LogP contribution in [0.25, 0.3) is 0 Å². The van der Waals surface area contributed by atoms with Gasteiger partial charge in [-0.25, -0.2) is 0 Å². The molecule has 25 heavy (non-hydrogen) atoms. The molecule has 2 fully saturated rings. The Bertz CT molecular complexity index is 609. The van der Waals surface area contributed by atoms with Crippen LogP contribution in [0.5, 0.6) is 0 Å². The van der Waals surface area contributed by atoms with E-state index in [1.54, 1.807) is 0 Å². The zero-order chi connectivity index (χ0) is 18.0. The van der Waals surface area contributed by atoms with Crippen molar-refractivity contribution in [2.24, 2.45) is 0 Å². The number of carbonyl (C=O) groups is 2. The van der Waals surface area contributed by atoms with E-state index < -0.39 is 11.9 Å². The molecule has 0 saturated carbocycles. The van der Waals surface area contributed by atoms with Gasteiger partial charge in [0.1, 0.15) is 12.1 Å². The van der Waals surface area contributed by atoms with Crippen LogP contribution >= 0.6 is 0 Å². The highest BCUT2D eigenvalue weighted by Crippen LogP contribution is 2.24. The second-order valence-electron chi connectivity index (χ2n) is 7.26. The van der Waals surface area contributed by atoms with Crippen molar-refractivity contribution in [1.29, 1.82) is 0 Å². The number of rotatable bonds is 6. The Morgan fingerprint density at radius 1 is 0.920 bits per heavy atom. The highest BCUT2D eigenvalue weighted by atomic mass is 16.4. The fourth-order valence-electron chi connectivity index (χ4n) is 4.19. The van der Waals surface area contributed by atoms with Crippen molar-refractivity contribution in [3.05, 3.63) is 34.9 Å². The van der Waals surface area contributed by atoms with Gasteiger partial charge in [0.25, 0.3) is 0 Å². The second-order valence-corrected chi connectivity index (χ2v) is 7.26. The van der Waals surface area contributed by atoms with Gasteiger partial charge in [0.15, 0.2) is 0 Å². The Morgan fingerprint density at radius 2 is 1.36 bits per heavy atom. The molecule has 6 heteroatoms. The first-order valence-electron chi connectivity index (χ1n) is 8.97. The normalized spacial score (nSPS) is 24.7. The molecule has 2 saturated heterocycles. The van der Waals surface area contributed by atoms with Crippen LogP contribution in [0.1, 0.15) is 42.4 Å². The van der Waals surface area contributed by atoms with Crippen molar-refractivity contribution in [1.82, 2.24) is 9.80 Å². The van der Waals surface area contributed by atoms with Crippen LogP contribution < -0.4 is 0 Å². The first-order chi connectivity index (χ1) is 11.9. The molecule has 2 atom stereocenters. The zero-order valence-electron chi connectivity index (χ0n) is 14.6. The van der Waals surface area contributed by atoms with Crippen molar-refractivity contribution < 1.29 is 19.8 Å². The highest BCUT2D eigenvalue weighted by Gasteiger charge is 2.31. The molecule has 0 amide bonds. The number of hydrogen-bond donors (Lipinski definition) is 2. The third kappa shape index (κ3) is 4.19. The van der Waals surface area contributed by atoms with Crippen LogP contribution in [0.15, 0.2) is 18.2 Å².